The van der Waals surface area contributed by atoms with Crippen LogP contribution in [0.15, 0.2) is 29.2 Å². The molecule has 1 atom stereocenters. The van der Waals surface area contributed by atoms with Crippen LogP contribution in [0.3, 0.4) is 0 Å². The molecule has 1 heterocycles. The number of benzene rings is 1. The van der Waals surface area contributed by atoms with E-state index < -0.39 is 31.8 Å². The first kappa shape index (κ1) is 13.4. The Labute approximate surface area is 103 Å². The lowest BCUT2D eigenvalue weighted by atomic mass is 10.2. The first-order chi connectivity index (χ1) is 8.33. The van der Waals surface area contributed by atoms with Crippen molar-refractivity contribution < 1.29 is 21.6 Å². The van der Waals surface area contributed by atoms with Crippen molar-refractivity contribution in [3.8, 4) is 0 Å². The van der Waals surface area contributed by atoms with E-state index in [0.717, 1.165) is 12.1 Å². The molecule has 0 aliphatic carbocycles. The van der Waals surface area contributed by atoms with E-state index in [1.807, 2.05) is 0 Å². The van der Waals surface area contributed by atoms with Gasteiger partial charge >= 0.3 is 6.18 Å². The topological polar surface area (TPSA) is 46.2 Å². The number of nitrogens with one attached hydrogen (secondary N) is 1. The van der Waals surface area contributed by atoms with Crippen LogP contribution in [-0.2, 0) is 16.0 Å². The zero-order chi connectivity index (χ0) is 13.4. The third kappa shape index (κ3) is 2.37. The smallest absolute Gasteiger partial charge is 0.301 e. The summed E-state index contributed by atoms with van der Waals surface area (Å²) in [5.41, 5.74) is -1.10. The summed E-state index contributed by atoms with van der Waals surface area (Å²) in [5.74, 6) is 0. The molecule has 100 valence electrons. The van der Waals surface area contributed by atoms with Crippen molar-refractivity contribution in [2.24, 2.45) is 0 Å². The van der Waals surface area contributed by atoms with Crippen LogP contribution < -0.4 is 5.32 Å². The Morgan fingerprint density at radius 1 is 1.22 bits per heavy atom. The third-order valence-electron chi connectivity index (χ3n) is 2.89. The maximum absolute atomic E-state index is 12.8. The van der Waals surface area contributed by atoms with Gasteiger partial charge in [0.25, 0.3) is 0 Å². The van der Waals surface area contributed by atoms with E-state index in [1.165, 1.54) is 12.1 Å². The lowest BCUT2D eigenvalue weighted by Gasteiger charge is -2.16. The van der Waals surface area contributed by atoms with E-state index in [4.69, 9.17) is 0 Å². The van der Waals surface area contributed by atoms with Gasteiger partial charge < -0.3 is 5.32 Å². The summed E-state index contributed by atoms with van der Waals surface area (Å²) < 4.78 is 62.6. The van der Waals surface area contributed by atoms with Crippen molar-refractivity contribution in [3.05, 3.63) is 29.8 Å². The van der Waals surface area contributed by atoms with Crippen molar-refractivity contribution >= 4 is 9.84 Å². The van der Waals surface area contributed by atoms with E-state index in [9.17, 15) is 21.6 Å². The highest BCUT2D eigenvalue weighted by Gasteiger charge is 2.40. The first-order valence-corrected chi connectivity index (χ1v) is 7.01. The van der Waals surface area contributed by atoms with Gasteiger partial charge in [-0.15, -0.1) is 0 Å². The molecule has 1 fully saturated rings. The molecule has 18 heavy (non-hydrogen) atoms. The molecule has 1 N–H and O–H groups in total. The number of hydrogen-bond donors (Lipinski definition) is 1. The van der Waals surface area contributed by atoms with E-state index in [2.05, 4.69) is 5.32 Å². The fourth-order valence-electron chi connectivity index (χ4n) is 2.02. The highest BCUT2D eigenvalue weighted by molar-refractivity contribution is 7.92. The predicted molar refractivity (Wildman–Crippen MR) is 59.7 cm³/mol. The summed E-state index contributed by atoms with van der Waals surface area (Å²) >= 11 is 0. The molecule has 1 aromatic carbocycles. The van der Waals surface area contributed by atoms with Crippen molar-refractivity contribution in [1.82, 2.24) is 5.32 Å². The van der Waals surface area contributed by atoms with Gasteiger partial charge in [0.05, 0.1) is 10.5 Å². The van der Waals surface area contributed by atoms with Crippen molar-refractivity contribution in [3.63, 3.8) is 0 Å². The molecular formula is C11H12F3NO2S. The standard InChI is InChI=1S/C11H12F3NO2S/c12-11(13,14)8-4-1-2-5-9(8)18(16,17)10-6-3-7-15-10/h1-2,4-5,10,15H,3,6-7H2. The van der Waals surface area contributed by atoms with Crippen LogP contribution >= 0.6 is 0 Å². The van der Waals surface area contributed by atoms with E-state index in [0.29, 0.717) is 19.4 Å². The molecule has 1 saturated heterocycles. The maximum Gasteiger partial charge on any atom is 0.417 e. The largest absolute Gasteiger partial charge is 0.417 e. The summed E-state index contributed by atoms with van der Waals surface area (Å²) in [5, 5.41) is 1.80. The second-order valence-corrected chi connectivity index (χ2v) is 6.22. The molecule has 0 bridgehead atoms. The van der Waals surface area contributed by atoms with Crippen LogP contribution in [0.1, 0.15) is 18.4 Å². The molecule has 1 aliphatic rings. The Hall–Kier alpha value is -1.08. The van der Waals surface area contributed by atoms with Gasteiger partial charge in [0, 0.05) is 0 Å². The number of sulfone groups is 1. The second-order valence-electron chi connectivity index (χ2n) is 4.12. The highest BCUT2D eigenvalue weighted by atomic mass is 32.2. The van der Waals surface area contributed by atoms with Crippen molar-refractivity contribution in [1.29, 1.82) is 0 Å². The third-order valence-corrected chi connectivity index (χ3v) is 5.01. The van der Waals surface area contributed by atoms with Crippen LogP contribution in [0, 0.1) is 0 Å². The van der Waals surface area contributed by atoms with Gasteiger partial charge in [0.15, 0.2) is 9.84 Å². The average Bonchev–Trinajstić information content (AvgIpc) is 2.82. The molecule has 0 radical (unpaired) electrons. The molecule has 7 heteroatoms. The minimum absolute atomic E-state index is 0.342. The Morgan fingerprint density at radius 2 is 1.89 bits per heavy atom. The normalized spacial score (nSPS) is 21.2. The maximum atomic E-state index is 12.8. The van der Waals surface area contributed by atoms with E-state index in [-0.39, 0.29) is 0 Å². The number of rotatable bonds is 2. The van der Waals surface area contributed by atoms with Gasteiger partial charge in [-0.2, -0.15) is 13.2 Å². The zero-order valence-electron chi connectivity index (χ0n) is 9.37. The van der Waals surface area contributed by atoms with Crippen molar-refractivity contribution in [2.75, 3.05) is 6.54 Å². The van der Waals surface area contributed by atoms with Gasteiger partial charge in [0.1, 0.15) is 5.37 Å². The Balaban J connectivity index is 2.51. The number of alkyl halides is 3. The molecule has 1 aliphatic heterocycles. The van der Waals surface area contributed by atoms with Gasteiger partial charge in [-0.3, -0.25) is 0 Å². The quantitative estimate of drug-likeness (QED) is 0.902. The van der Waals surface area contributed by atoms with Crippen LogP contribution in [0.2, 0.25) is 0 Å². The molecule has 1 aromatic rings. The highest BCUT2D eigenvalue weighted by Crippen LogP contribution is 2.35. The molecule has 0 spiro atoms. The predicted octanol–water partition coefficient (Wildman–Crippen LogP) is 2.19. The summed E-state index contributed by atoms with van der Waals surface area (Å²) in [6.45, 7) is 0.512. The monoisotopic (exact) mass is 279 g/mol. The molecule has 2 rings (SSSR count). The summed E-state index contributed by atoms with van der Waals surface area (Å²) in [4.78, 5) is -0.642. The van der Waals surface area contributed by atoms with Gasteiger partial charge in [0.2, 0.25) is 0 Å². The molecule has 3 nitrogen and oxygen atoms in total. The Bertz CT molecular complexity index is 533. The molecule has 0 saturated carbocycles. The van der Waals surface area contributed by atoms with Gasteiger partial charge in [-0.1, -0.05) is 12.1 Å². The molecule has 0 amide bonds. The van der Waals surface area contributed by atoms with Crippen LogP contribution in [0.25, 0.3) is 0 Å². The minimum atomic E-state index is -4.66. The van der Waals surface area contributed by atoms with E-state index in [1.54, 1.807) is 0 Å². The van der Waals surface area contributed by atoms with Gasteiger partial charge in [-0.05, 0) is 31.5 Å². The van der Waals surface area contributed by atoms with Gasteiger partial charge in [-0.25, -0.2) is 8.42 Å². The van der Waals surface area contributed by atoms with E-state index >= 15 is 0 Å². The fraction of sp³-hybridized carbons (Fsp3) is 0.455. The lowest BCUT2D eigenvalue weighted by Crippen LogP contribution is -2.32. The first-order valence-electron chi connectivity index (χ1n) is 5.47. The summed E-state index contributed by atoms with van der Waals surface area (Å²) in [6, 6.07) is 4.29. The summed E-state index contributed by atoms with van der Waals surface area (Å²) in [7, 11) is -3.98. The van der Waals surface area contributed by atoms with Crippen LogP contribution in [0.4, 0.5) is 13.2 Å². The Kier molecular flexibility index (Phi) is 3.37. The van der Waals surface area contributed by atoms with Crippen LogP contribution in [0.5, 0.6) is 0 Å². The molecular weight excluding hydrogens is 267 g/mol. The van der Waals surface area contributed by atoms with Crippen molar-refractivity contribution in [2.45, 2.75) is 29.3 Å². The Morgan fingerprint density at radius 3 is 2.44 bits per heavy atom. The number of hydrogen-bond acceptors (Lipinski definition) is 3. The fourth-order valence-corrected chi connectivity index (χ4v) is 3.90. The SMILES string of the molecule is O=S(=O)(c1ccccc1C(F)(F)F)C1CCCN1. The summed E-state index contributed by atoms with van der Waals surface area (Å²) in [6.07, 6.45) is -3.67. The average molecular weight is 279 g/mol. The molecule has 0 aromatic heterocycles. The molecule has 1 unspecified atom stereocenters. The minimum Gasteiger partial charge on any atom is -0.301 e. The number of halogens is 3. The zero-order valence-corrected chi connectivity index (χ0v) is 10.2. The second kappa shape index (κ2) is 4.55. The van der Waals surface area contributed by atoms with Crippen LogP contribution in [-0.4, -0.2) is 20.3 Å². The lowest BCUT2D eigenvalue weighted by molar-refractivity contribution is -0.139.